The number of carbonyl (C=O) groups excluding carboxylic acids is 3. The Morgan fingerprint density at radius 2 is 1.69 bits per heavy atom. The smallest absolute Gasteiger partial charge is 0.226 e. The number of hydrogen-bond donors (Lipinski definition) is 1. The van der Waals surface area contributed by atoms with Crippen molar-refractivity contribution in [3.8, 4) is 0 Å². The van der Waals surface area contributed by atoms with Crippen molar-refractivity contribution < 1.29 is 14.4 Å². The van der Waals surface area contributed by atoms with Gasteiger partial charge in [-0.2, -0.15) is 0 Å². The van der Waals surface area contributed by atoms with Crippen molar-refractivity contribution in [2.75, 3.05) is 6.54 Å². The van der Waals surface area contributed by atoms with Gasteiger partial charge in [0.2, 0.25) is 11.6 Å². The summed E-state index contributed by atoms with van der Waals surface area (Å²) in [5, 5.41) is 3.05. The molecule has 0 radical (unpaired) electrons. The minimum absolute atomic E-state index is 0.0595. The molecule has 0 saturated heterocycles. The Bertz CT molecular complexity index is 1230. The summed E-state index contributed by atoms with van der Waals surface area (Å²) in [5.41, 5.74) is -0.218. The van der Waals surface area contributed by atoms with Crippen molar-refractivity contribution in [3.63, 3.8) is 0 Å². The van der Waals surface area contributed by atoms with E-state index in [0.717, 1.165) is 50.5 Å². The zero-order valence-electron chi connectivity index (χ0n) is 25.4. The number of nitrogens with zero attached hydrogens (tertiary/aromatic N) is 1. The van der Waals surface area contributed by atoms with Gasteiger partial charge < -0.3 is 10.1 Å². The highest BCUT2D eigenvalue weighted by Crippen LogP contribution is 2.74. The van der Waals surface area contributed by atoms with Crippen LogP contribution in [-0.2, 0) is 14.4 Å². The third-order valence-corrected chi connectivity index (χ3v) is 12.9. The van der Waals surface area contributed by atoms with Gasteiger partial charge in [-0.15, -0.1) is 0 Å². The number of allylic oxidation sites excluding steroid dienone is 4. The number of ketones is 2. The molecule has 5 heteroatoms. The fourth-order valence-electron chi connectivity index (χ4n) is 10.6. The Balaban J connectivity index is 1.66. The molecule has 39 heavy (non-hydrogen) atoms. The number of nitrogens with one attached hydrogen (secondary N) is 1. The van der Waals surface area contributed by atoms with Crippen LogP contribution < -0.4 is 5.32 Å². The van der Waals surface area contributed by atoms with Crippen molar-refractivity contribution >= 4 is 17.5 Å². The second-order valence-corrected chi connectivity index (χ2v) is 15.7. The predicted molar refractivity (Wildman–Crippen MR) is 153 cm³/mol. The molecule has 5 aliphatic carbocycles. The number of Topliss-reactive ketones (excluding diaryl/α,β-unsaturated/α-hetero) is 1. The Morgan fingerprint density at radius 3 is 2.33 bits per heavy atom. The first-order valence-electron chi connectivity index (χ1n) is 15.2. The lowest BCUT2D eigenvalue weighted by molar-refractivity contribution is -0.174. The summed E-state index contributed by atoms with van der Waals surface area (Å²) in [4.78, 5) is 44.5. The van der Waals surface area contributed by atoms with Crippen LogP contribution in [0.2, 0.25) is 0 Å². The van der Waals surface area contributed by atoms with Gasteiger partial charge in [-0.05, 0) is 91.4 Å². The molecule has 0 aliphatic heterocycles. The third-order valence-electron chi connectivity index (χ3n) is 12.9. The van der Waals surface area contributed by atoms with Crippen LogP contribution in [0.3, 0.4) is 0 Å². The van der Waals surface area contributed by atoms with Gasteiger partial charge in [0.15, 0.2) is 11.6 Å². The summed E-state index contributed by atoms with van der Waals surface area (Å²) in [6.07, 6.45) is 11.2. The van der Waals surface area contributed by atoms with E-state index in [2.05, 4.69) is 44.8 Å². The van der Waals surface area contributed by atoms with Gasteiger partial charge >= 0.3 is 0 Å². The maximum Gasteiger partial charge on any atom is 0.226 e. The lowest BCUT2D eigenvalue weighted by Gasteiger charge is -2.69. The number of rotatable bonds is 3. The molecule has 1 N–H and O–H groups in total. The molecular weight excluding hydrogens is 484 g/mol. The minimum atomic E-state index is -0.645. The standard InChI is InChI=1S/C34H48N2O3/c1-10-36-26(38)20-34-15-13-29(2,3)18-21(34)27-23(37)17-25-31(6)19-22(35-9)28(39)30(4,5)24(31)11-12-32(25,7)33(27,8)14-16-34/h17,19,21,24,27H,10-16,18,20H2,1-8H3,(H,36,38)/t21-,24-,27-,31-,32+,33+,34+/m0/s1. The first-order chi connectivity index (χ1) is 18.0. The lowest BCUT2D eigenvalue weighted by Crippen LogP contribution is -2.65. The first-order valence-corrected chi connectivity index (χ1v) is 15.2. The highest BCUT2D eigenvalue weighted by atomic mass is 16.2. The highest BCUT2D eigenvalue weighted by Gasteiger charge is 2.69. The molecule has 3 saturated carbocycles. The molecule has 0 unspecified atom stereocenters. The van der Waals surface area contributed by atoms with E-state index in [9.17, 15) is 14.4 Å². The number of carbonyl (C=O) groups is 3. The molecule has 0 spiro atoms. The Labute approximate surface area is 235 Å². The van der Waals surface area contributed by atoms with E-state index in [1.165, 1.54) is 0 Å². The minimum Gasteiger partial charge on any atom is -0.356 e. The van der Waals surface area contributed by atoms with Gasteiger partial charge in [0, 0.05) is 29.7 Å². The van der Waals surface area contributed by atoms with E-state index in [0.29, 0.717) is 13.0 Å². The van der Waals surface area contributed by atoms with Crippen molar-refractivity contribution in [1.82, 2.24) is 5.32 Å². The van der Waals surface area contributed by atoms with E-state index in [-0.39, 0.29) is 62.6 Å². The van der Waals surface area contributed by atoms with Crippen LogP contribution in [0.15, 0.2) is 23.4 Å². The second kappa shape index (κ2) is 8.64. The van der Waals surface area contributed by atoms with Gasteiger partial charge in [0.25, 0.3) is 0 Å². The zero-order chi connectivity index (χ0) is 28.8. The molecule has 212 valence electrons. The molecule has 0 aromatic heterocycles. The average molecular weight is 533 g/mol. The van der Waals surface area contributed by atoms with Crippen LogP contribution >= 0.6 is 0 Å². The summed E-state index contributed by atoms with van der Waals surface area (Å²) < 4.78 is 0. The maximum absolute atomic E-state index is 14.5. The Hall–Kier alpha value is -2.22. The van der Waals surface area contributed by atoms with Crippen molar-refractivity contribution in [2.45, 2.75) is 107 Å². The number of hydrogen-bond acceptors (Lipinski definition) is 3. The number of amides is 1. The molecule has 7 atom stereocenters. The fraction of sp³-hybridized carbons (Fsp3) is 0.765. The molecule has 5 aliphatic rings. The van der Waals surface area contributed by atoms with Crippen LogP contribution in [0.4, 0.5) is 0 Å². The van der Waals surface area contributed by atoms with E-state index < -0.39 is 10.8 Å². The predicted octanol–water partition coefficient (Wildman–Crippen LogP) is 7.09. The van der Waals surface area contributed by atoms with Crippen molar-refractivity contribution in [2.24, 2.45) is 50.2 Å². The third kappa shape index (κ3) is 3.72. The molecule has 5 rings (SSSR count). The van der Waals surface area contributed by atoms with Gasteiger partial charge in [-0.3, -0.25) is 9.59 Å². The molecule has 5 nitrogen and oxygen atoms in total. The summed E-state index contributed by atoms with van der Waals surface area (Å²) >= 11 is 0. The molecule has 0 aromatic carbocycles. The lowest BCUT2D eigenvalue weighted by atomic mass is 9.34. The monoisotopic (exact) mass is 532 g/mol. The quantitative estimate of drug-likeness (QED) is 0.395. The summed E-state index contributed by atoms with van der Waals surface area (Å²) in [7, 11) is 0. The topological polar surface area (TPSA) is 67.6 Å². The van der Waals surface area contributed by atoms with Crippen molar-refractivity contribution in [1.29, 1.82) is 0 Å². The van der Waals surface area contributed by atoms with E-state index in [4.69, 9.17) is 6.57 Å². The van der Waals surface area contributed by atoms with Crippen molar-refractivity contribution in [3.05, 3.63) is 34.8 Å². The molecule has 0 bridgehead atoms. The van der Waals surface area contributed by atoms with Gasteiger partial charge in [-0.1, -0.05) is 60.1 Å². The van der Waals surface area contributed by atoms with Gasteiger partial charge in [-0.25, -0.2) is 4.85 Å². The van der Waals surface area contributed by atoms with Crippen LogP contribution in [-0.4, -0.2) is 24.0 Å². The largest absolute Gasteiger partial charge is 0.356 e. The van der Waals surface area contributed by atoms with Crippen LogP contribution in [0, 0.1) is 56.8 Å². The summed E-state index contributed by atoms with van der Waals surface area (Å²) in [5.74, 6) is 0.389. The highest BCUT2D eigenvalue weighted by molar-refractivity contribution is 6.03. The molecule has 1 amide bonds. The van der Waals surface area contributed by atoms with E-state index >= 15 is 0 Å². The Morgan fingerprint density at radius 1 is 1.03 bits per heavy atom. The Kier molecular flexibility index (Phi) is 6.27. The van der Waals surface area contributed by atoms with E-state index in [1.807, 2.05) is 32.9 Å². The van der Waals surface area contributed by atoms with Gasteiger partial charge in [0.05, 0.1) is 6.57 Å². The van der Waals surface area contributed by atoms with Crippen LogP contribution in [0.5, 0.6) is 0 Å². The zero-order valence-corrected chi connectivity index (χ0v) is 25.4. The van der Waals surface area contributed by atoms with Crippen LogP contribution in [0.25, 0.3) is 4.85 Å². The van der Waals surface area contributed by atoms with Crippen LogP contribution in [0.1, 0.15) is 107 Å². The average Bonchev–Trinajstić information content (AvgIpc) is 2.84. The van der Waals surface area contributed by atoms with E-state index in [1.54, 1.807) is 0 Å². The summed E-state index contributed by atoms with van der Waals surface area (Å²) in [6, 6.07) is 0. The molecule has 0 heterocycles. The molecule has 0 aromatic rings. The van der Waals surface area contributed by atoms with Gasteiger partial charge in [0.1, 0.15) is 0 Å². The number of fused-ring (bicyclic) bond motifs is 7. The molecule has 3 fully saturated rings. The molecular formula is C34H48N2O3. The SMILES string of the molecule is [C-]#[N+]C1=C[C@]2(C)C3=CC(=O)[C@@H]4[C@@H]5CC(C)(C)CC[C@]5(CC(=O)NCC)CC[C@@]4(C)[C@]3(C)CC[C@H]2C(C)(C)C1=O. The first kappa shape index (κ1) is 28.3. The normalized spacial score (nSPS) is 43.9. The maximum atomic E-state index is 14.5. The second-order valence-electron chi connectivity index (χ2n) is 15.7. The summed E-state index contributed by atoms with van der Waals surface area (Å²) in [6.45, 7) is 25.9. The fourth-order valence-corrected chi connectivity index (χ4v) is 10.6.